The van der Waals surface area contributed by atoms with Crippen molar-refractivity contribution < 1.29 is 4.52 Å². The Bertz CT molecular complexity index is 576. The fourth-order valence-corrected chi connectivity index (χ4v) is 2.72. The molecule has 4 nitrogen and oxygen atoms in total. The Morgan fingerprint density at radius 3 is 2.74 bits per heavy atom. The van der Waals surface area contributed by atoms with E-state index >= 15 is 0 Å². The lowest BCUT2D eigenvalue weighted by atomic mass is 9.89. The van der Waals surface area contributed by atoms with Crippen LogP contribution in [-0.4, -0.2) is 10.1 Å². The monoisotopic (exact) mass is 277 g/mol. The Kier molecular flexibility index (Phi) is 3.42. The van der Waals surface area contributed by atoms with E-state index in [0.717, 1.165) is 24.2 Å². The van der Waals surface area contributed by atoms with Gasteiger partial charge in [-0.2, -0.15) is 4.98 Å². The molecule has 2 N–H and O–H groups in total. The first-order valence-electron chi connectivity index (χ1n) is 6.63. The smallest absolute Gasteiger partial charge is 0.257 e. The molecule has 0 unspecified atom stereocenters. The maximum Gasteiger partial charge on any atom is 0.257 e. The number of nitrogens with two attached hydrogens (primary N) is 1. The first-order chi connectivity index (χ1) is 9.24. The van der Waals surface area contributed by atoms with Gasteiger partial charge >= 0.3 is 0 Å². The van der Waals surface area contributed by atoms with E-state index in [1.165, 1.54) is 19.3 Å². The van der Waals surface area contributed by atoms with Crippen LogP contribution in [0.5, 0.6) is 0 Å². The molecule has 3 rings (SSSR count). The Morgan fingerprint density at radius 2 is 2.00 bits per heavy atom. The summed E-state index contributed by atoms with van der Waals surface area (Å²) in [7, 11) is 0. The standard InChI is InChI=1S/C14H16ClN3O/c15-11-8-10(6-7-12(11)16)14-17-13(18-19-14)9-4-2-1-3-5-9/h6-9H,1-5,16H2. The summed E-state index contributed by atoms with van der Waals surface area (Å²) >= 11 is 6.00. The summed E-state index contributed by atoms with van der Waals surface area (Å²) in [6.07, 6.45) is 6.13. The molecule has 1 aliphatic rings. The van der Waals surface area contributed by atoms with E-state index < -0.39 is 0 Å². The Morgan fingerprint density at radius 1 is 1.21 bits per heavy atom. The number of anilines is 1. The van der Waals surface area contributed by atoms with Crippen LogP contribution in [0.4, 0.5) is 5.69 Å². The van der Waals surface area contributed by atoms with E-state index in [1.54, 1.807) is 12.1 Å². The van der Waals surface area contributed by atoms with Gasteiger partial charge in [0.05, 0.1) is 10.7 Å². The normalized spacial score (nSPS) is 16.7. The molecule has 1 fully saturated rings. The van der Waals surface area contributed by atoms with Gasteiger partial charge in [-0.1, -0.05) is 36.0 Å². The molecule has 0 aliphatic heterocycles. The molecule has 1 aromatic heterocycles. The SMILES string of the molecule is Nc1ccc(-c2nc(C3CCCCC3)no2)cc1Cl. The van der Waals surface area contributed by atoms with Crippen LogP contribution in [0.2, 0.25) is 5.02 Å². The van der Waals surface area contributed by atoms with Gasteiger partial charge in [0.1, 0.15) is 0 Å². The second kappa shape index (κ2) is 5.21. The van der Waals surface area contributed by atoms with E-state index in [0.29, 0.717) is 22.5 Å². The molecule has 0 radical (unpaired) electrons. The van der Waals surface area contributed by atoms with Crippen LogP contribution in [0.15, 0.2) is 22.7 Å². The number of nitrogen functional groups attached to an aromatic ring is 1. The second-order valence-electron chi connectivity index (χ2n) is 5.03. The van der Waals surface area contributed by atoms with Crippen molar-refractivity contribution in [1.82, 2.24) is 10.1 Å². The van der Waals surface area contributed by atoms with Crippen LogP contribution in [0.3, 0.4) is 0 Å². The molecule has 1 aliphatic carbocycles. The Balaban J connectivity index is 1.85. The van der Waals surface area contributed by atoms with Gasteiger partial charge in [0.2, 0.25) is 0 Å². The molecule has 1 aromatic carbocycles. The van der Waals surface area contributed by atoms with E-state index in [9.17, 15) is 0 Å². The first kappa shape index (κ1) is 12.5. The molecule has 0 saturated heterocycles. The van der Waals surface area contributed by atoms with Gasteiger partial charge in [-0.05, 0) is 31.0 Å². The molecule has 5 heteroatoms. The maximum absolute atomic E-state index is 6.00. The highest BCUT2D eigenvalue weighted by atomic mass is 35.5. The molecule has 19 heavy (non-hydrogen) atoms. The molecule has 0 amide bonds. The van der Waals surface area contributed by atoms with E-state index in [4.69, 9.17) is 21.9 Å². The minimum Gasteiger partial charge on any atom is -0.398 e. The van der Waals surface area contributed by atoms with Gasteiger partial charge in [0.15, 0.2) is 5.82 Å². The molecule has 2 aromatic rings. The van der Waals surface area contributed by atoms with Gasteiger partial charge in [-0.15, -0.1) is 0 Å². The predicted molar refractivity (Wildman–Crippen MR) is 75.0 cm³/mol. The number of hydrogen-bond donors (Lipinski definition) is 1. The van der Waals surface area contributed by atoms with Crippen LogP contribution >= 0.6 is 11.6 Å². The minimum atomic E-state index is 0.440. The Labute approximate surface area is 117 Å². The lowest BCUT2D eigenvalue weighted by molar-refractivity contribution is 0.385. The summed E-state index contributed by atoms with van der Waals surface area (Å²) in [5.41, 5.74) is 7.06. The number of halogens is 1. The molecular weight excluding hydrogens is 262 g/mol. The summed E-state index contributed by atoms with van der Waals surface area (Å²) in [4.78, 5) is 4.50. The molecule has 0 bridgehead atoms. The molecule has 0 atom stereocenters. The zero-order valence-electron chi connectivity index (χ0n) is 10.6. The minimum absolute atomic E-state index is 0.440. The Hall–Kier alpha value is -1.55. The number of nitrogens with zero attached hydrogens (tertiary/aromatic N) is 2. The largest absolute Gasteiger partial charge is 0.398 e. The number of aromatic nitrogens is 2. The van der Waals surface area contributed by atoms with Crippen LogP contribution in [-0.2, 0) is 0 Å². The van der Waals surface area contributed by atoms with Crippen molar-refractivity contribution in [2.45, 2.75) is 38.0 Å². The van der Waals surface area contributed by atoms with E-state index in [-0.39, 0.29) is 0 Å². The highest BCUT2D eigenvalue weighted by Gasteiger charge is 2.21. The predicted octanol–water partition coefficient (Wildman–Crippen LogP) is 4.02. The average Bonchev–Trinajstić information content (AvgIpc) is 2.93. The number of hydrogen-bond acceptors (Lipinski definition) is 4. The maximum atomic E-state index is 6.00. The van der Waals surface area contributed by atoms with Crippen molar-refractivity contribution >= 4 is 17.3 Å². The van der Waals surface area contributed by atoms with Gasteiger partial charge in [-0.3, -0.25) is 0 Å². The third-order valence-electron chi connectivity index (χ3n) is 3.66. The molecular formula is C14H16ClN3O. The second-order valence-corrected chi connectivity index (χ2v) is 5.44. The van der Waals surface area contributed by atoms with E-state index in [2.05, 4.69) is 10.1 Å². The lowest BCUT2D eigenvalue weighted by Crippen LogP contribution is -2.06. The van der Waals surface area contributed by atoms with Gasteiger partial charge in [0, 0.05) is 11.5 Å². The van der Waals surface area contributed by atoms with E-state index in [1.807, 2.05) is 6.07 Å². The van der Waals surface area contributed by atoms with Crippen molar-refractivity contribution in [3.63, 3.8) is 0 Å². The van der Waals surface area contributed by atoms with Crippen molar-refractivity contribution in [2.24, 2.45) is 0 Å². The summed E-state index contributed by atoms with van der Waals surface area (Å²) < 4.78 is 5.34. The number of benzene rings is 1. The quantitative estimate of drug-likeness (QED) is 0.842. The molecule has 1 heterocycles. The fourth-order valence-electron chi connectivity index (χ4n) is 2.54. The highest BCUT2D eigenvalue weighted by molar-refractivity contribution is 6.33. The van der Waals surface area contributed by atoms with Crippen molar-refractivity contribution in [3.05, 3.63) is 29.0 Å². The van der Waals surface area contributed by atoms with Gasteiger partial charge in [-0.25, -0.2) is 0 Å². The van der Waals surface area contributed by atoms with Crippen LogP contribution in [0.1, 0.15) is 43.8 Å². The molecule has 100 valence electrons. The van der Waals surface area contributed by atoms with Crippen LogP contribution in [0, 0.1) is 0 Å². The summed E-state index contributed by atoms with van der Waals surface area (Å²) in [5.74, 6) is 1.78. The highest BCUT2D eigenvalue weighted by Crippen LogP contribution is 2.32. The van der Waals surface area contributed by atoms with Gasteiger partial charge < -0.3 is 10.3 Å². The molecule has 1 saturated carbocycles. The zero-order chi connectivity index (χ0) is 13.2. The van der Waals surface area contributed by atoms with Crippen molar-refractivity contribution in [2.75, 3.05) is 5.73 Å². The lowest BCUT2D eigenvalue weighted by Gasteiger charge is -2.17. The van der Waals surface area contributed by atoms with Crippen LogP contribution in [0.25, 0.3) is 11.5 Å². The average molecular weight is 278 g/mol. The van der Waals surface area contributed by atoms with Gasteiger partial charge in [0.25, 0.3) is 5.89 Å². The first-order valence-corrected chi connectivity index (χ1v) is 7.01. The summed E-state index contributed by atoms with van der Waals surface area (Å²) in [6.45, 7) is 0. The fraction of sp³-hybridized carbons (Fsp3) is 0.429. The van der Waals surface area contributed by atoms with Crippen LogP contribution < -0.4 is 5.73 Å². The number of rotatable bonds is 2. The summed E-state index contributed by atoms with van der Waals surface area (Å²) in [5, 5.41) is 4.62. The third-order valence-corrected chi connectivity index (χ3v) is 3.99. The third kappa shape index (κ3) is 2.59. The topological polar surface area (TPSA) is 64.9 Å². The molecule has 0 spiro atoms. The zero-order valence-corrected chi connectivity index (χ0v) is 11.4. The summed E-state index contributed by atoms with van der Waals surface area (Å²) in [6, 6.07) is 5.36. The van der Waals surface area contributed by atoms with Crippen molar-refractivity contribution in [1.29, 1.82) is 0 Å². The van der Waals surface area contributed by atoms with Crippen molar-refractivity contribution in [3.8, 4) is 11.5 Å².